The Hall–Kier alpha value is -0.120. The van der Waals surface area contributed by atoms with Gasteiger partial charge >= 0.3 is 0 Å². The second-order valence-electron chi connectivity index (χ2n) is 6.93. The van der Waals surface area contributed by atoms with Crippen molar-refractivity contribution >= 4 is 0 Å². The third-order valence-corrected chi connectivity index (χ3v) is 7.47. The van der Waals surface area contributed by atoms with Gasteiger partial charge in [-0.3, -0.25) is 0 Å². The van der Waals surface area contributed by atoms with Crippen molar-refractivity contribution in [2.45, 2.75) is 18.2 Å². The molecule has 0 amide bonds. The van der Waals surface area contributed by atoms with E-state index in [-0.39, 0.29) is 11.3 Å². The summed E-state index contributed by atoms with van der Waals surface area (Å²) in [4.78, 5) is 0. The number of hydrogen-bond acceptors (Lipinski definition) is 2. The average Bonchev–Trinajstić information content (AvgIpc) is 2.78. The molecule has 80 valence electrons. The van der Waals surface area contributed by atoms with E-state index < -0.39 is 0 Å². The second-order valence-corrected chi connectivity index (χ2v) is 6.93. The van der Waals surface area contributed by atoms with Crippen molar-refractivity contribution in [2.24, 2.45) is 40.9 Å². The zero-order chi connectivity index (χ0) is 9.79. The Kier molecular flexibility index (Phi) is 0.700. The molecule has 6 saturated carbocycles. The second kappa shape index (κ2) is 1.45. The summed E-state index contributed by atoms with van der Waals surface area (Å²) in [5, 5.41) is 0. The molecule has 0 aromatic carbocycles. The zero-order valence-electron chi connectivity index (χ0n) is 8.90. The minimum absolute atomic E-state index is 0.173. The zero-order valence-corrected chi connectivity index (χ0v) is 8.90. The number of ether oxygens (including phenoxy) is 2. The van der Waals surface area contributed by atoms with Gasteiger partial charge in [0.25, 0.3) is 0 Å². The van der Waals surface area contributed by atoms with E-state index in [0.717, 1.165) is 48.7 Å². The van der Waals surface area contributed by atoms with Crippen LogP contribution in [-0.2, 0) is 9.47 Å². The summed E-state index contributed by atoms with van der Waals surface area (Å²) in [5.74, 6) is 5.06. The molecular formula is C12H16NO2+. The van der Waals surface area contributed by atoms with Gasteiger partial charge < -0.3 is 15.2 Å². The third kappa shape index (κ3) is 0.323. The molecule has 1 saturated heterocycles. The van der Waals surface area contributed by atoms with E-state index in [1.165, 1.54) is 0 Å². The van der Waals surface area contributed by atoms with Crippen LogP contribution in [0.15, 0.2) is 0 Å². The Balaban J connectivity index is 1.65. The van der Waals surface area contributed by atoms with Crippen LogP contribution >= 0.6 is 0 Å². The first kappa shape index (κ1) is 7.25. The molecule has 1 spiro atoms. The predicted octanol–water partition coefficient (Wildman–Crippen LogP) is -0.518. The van der Waals surface area contributed by atoms with E-state index in [0.29, 0.717) is 5.41 Å². The van der Waals surface area contributed by atoms with Crippen molar-refractivity contribution in [3.8, 4) is 0 Å². The molecule has 3 nitrogen and oxygen atoms in total. The first-order valence-corrected chi connectivity index (χ1v) is 6.32. The highest BCUT2D eigenvalue weighted by Crippen LogP contribution is 3.02. The molecule has 15 heavy (non-hydrogen) atoms. The quantitative estimate of drug-likeness (QED) is 0.580. The van der Waals surface area contributed by atoms with Gasteiger partial charge in [0, 0.05) is 17.8 Å². The summed E-state index contributed by atoms with van der Waals surface area (Å²) in [6.07, 6.45) is 0. The minimum Gasteiger partial charge on any atom is -0.348 e. The van der Waals surface area contributed by atoms with Gasteiger partial charge in [0.2, 0.25) is 5.79 Å². The summed E-state index contributed by atoms with van der Waals surface area (Å²) in [6.45, 7) is 4.10. The van der Waals surface area contributed by atoms with E-state index in [4.69, 9.17) is 9.47 Å². The Labute approximate surface area is 88.3 Å². The summed E-state index contributed by atoms with van der Waals surface area (Å²) < 4.78 is 12.1. The molecule has 1 heterocycles. The molecule has 7 rings (SSSR count). The maximum atomic E-state index is 6.07. The molecule has 7 fully saturated rings. The smallest absolute Gasteiger partial charge is 0.228 e. The highest BCUT2D eigenvalue weighted by molar-refractivity contribution is 5.52. The Morgan fingerprint density at radius 3 is 2.00 bits per heavy atom. The average molecular weight is 206 g/mol. The van der Waals surface area contributed by atoms with E-state index in [1.54, 1.807) is 0 Å². The summed E-state index contributed by atoms with van der Waals surface area (Å²) in [6, 6.07) is 0. The molecule has 0 aromatic rings. The lowest BCUT2D eigenvalue weighted by Crippen LogP contribution is -3.02. The van der Waals surface area contributed by atoms with Crippen LogP contribution in [0.1, 0.15) is 6.92 Å². The fourth-order valence-electron chi connectivity index (χ4n) is 7.50. The van der Waals surface area contributed by atoms with Crippen LogP contribution in [0, 0.1) is 40.9 Å². The highest BCUT2D eigenvalue weighted by Gasteiger charge is 3.09. The molecule has 0 radical (unpaired) electrons. The molecule has 3 heteroatoms. The Bertz CT molecular complexity index is 407. The number of hydrogen-bond donors (Lipinski definition) is 1. The van der Waals surface area contributed by atoms with E-state index in [2.05, 4.69) is 12.7 Å². The van der Waals surface area contributed by atoms with Crippen molar-refractivity contribution < 1.29 is 15.2 Å². The van der Waals surface area contributed by atoms with Gasteiger partial charge in [0.05, 0.1) is 13.2 Å². The largest absolute Gasteiger partial charge is 0.348 e. The van der Waals surface area contributed by atoms with Gasteiger partial charge in [0.15, 0.2) is 5.54 Å². The highest BCUT2D eigenvalue weighted by atomic mass is 16.7. The molecule has 7 aliphatic rings. The van der Waals surface area contributed by atoms with Gasteiger partial charge in [0.1, 0.15) is 0 Å². The molecule has 1 aliphatic heterocycles. The van der Waals surface area contributed by atoms with Gasteiger partial charge in [-0.1, -0.05) is 6.92 Å². The fraction of sp³-hybridized carbons (Fsp3) is 1.00. The van der Waals surface area contributed by atoms with Crippen molar-refractivity contribution in [3.05, 3.63) is 0 Å². The topological polar surface area (TPSA) is 46.1 Å². The first-order chi connectivity index (χ1) is 7.19. The molecule has 8 atom stereocenters. The Morgan fingerprint density at radius 2 is 1.47 bits per heavy atom. The van der Waals surface area contributed by atoms with Crippen molar-refractivity contribution in [1.29, 1.82) is 0 Å². The lowest BCUT2D eigenvalue weighted by molar-refractivity contribution is -0.630. The maximum Gasteiger partial charge on any atom is 0.228 e. The maximum absolute atomic E-state index is 6.07. The molecule has 3 N–H and O–H groups in total. The van der Waals surface area contributed by atoms with Crippen LogP contribution in [0.25, 0.3) is 0 Å². The van der Waals surface area contributed by atoms with E-state index in [9.17, 15) is 0 Å². The Morgan fingerprint density at radius 1 is 0.933 bits per heavy atom. The molecule has 6 aliphatic carbocycles. The van der Waals surface area contributed by atoms with E-state index in [1.807, 2.05) is 0 Å². The van der Waals surface area contributed by atoms with Crippen molar-refractivity contribution in [3.63, 3.8) is 0 Å². The SMILES string of the molecule is CC12C3[C@@H]4[C@H]1C1[C@H]2[C@H]3C4([NH3+])C12OCCO2. The van der Waals surface area contributed by atoms with Crippen molar-refractivity contribution in [1.82, 2.24) is 0 Å². The molecule has 0 aromatic heterocycles. The van der Waals surface area contributed by atoms with Crippen LogP contribution < -0.4 is 5.73 Å². The standard InChI is InChI=1S/C12H15NO2/c1-10-4-7-5(10)9-6(10)8(4)11(7,13)12(9)14-2-3-15-12/h4-9H,2-3,13H2,1H3/p+1/t4?,5-,6+,7+,8-,9?,10?,11?. The minimum atomic E-state index is -0.218. The lowest BCUT2D eigenvalue weighted by atomic mass is 9.12. The third-order valence-electron chi connectivity index (χ3n) is 7.47. The van der Waals surface area contributed by atoms with Crippen LogP contribution in [0.3, 0.4) is 0 Å². The van der Waals surface area contributed by atoms with Crippen LogP contribution in [0.4, 0.5) is 0 Å². The van der Waals surface area contributed by atoms with Gasteiger partial charge in [-0.2, -0.15) is 0 Å². The summed E-state index contributed by atoms with van der Waals surface area (Å²) >= 11 is 0. The monoisotopic (exact) mass is 206 g/mol. The first-order valence-electron chi connectivity index (χ1n) is 6.32. The fourth-order valence-corrected chi connectivity index (χ4v) is 7.50. The predicted molar refractivity (Wildman–Crippen MR) is 49.3 cm³/mol. The normalized spacial score (nSPS) is 82.0. The lowest BCUT2D eigenvalue weighted by Gasteiger charge is -2.89. The summed E-state index contributed by atoms with van der Waals surface area (Å²) in [7, 11) is 0. The van der Waals surface area contributed by atoms with Crippen molar-refractivity contribution in [2.75, 3.05) is 13.2 Å². The van der Waals surface area contributed by atoms with Crippen LogP contribution in [-0.4, -0.2) is 24.5 Å². The van der Waals surface area contributed by atoms with E-state index >= 15 is 0 Å². The molecular weight excluding hydrogens is 190 g/mol. The number of rotatable bonds is 0. The van der Waals surface area contributed by atoms with Gasteiger partial charge in [-0.05, 0) is 23.2 Å². The number of quaternary nitrogens is 1. The van der Waals surface area contributed by atoms with Gasteiger partial charge in [-0.15, -0.1) is 0 Å². The van der Waals surface area contributed by atoms with Crippen LogP contribution in [0.2, 0.25) is 0 Å². The van der Waals surface area contributed by atoms with Crippen LogP contribution in [0.5, 0.6) is 0 Å². The molecule has 4 unspecified atom stereocenters. The molecule has 2 bridgehead atoms. The van der Waals surface area contributed by atoms with Gasteiger partial charge in [-0.25, -0.2) is 0 Å². The summed E-state index contributed by atoms with van der Waals surface area (Å²) in [5.41, 5.74) is 5.46.